The minimum atomic E-state index is -0.561. The lowest BCUT2D eigenvalue weighted by atomic mass is 10.1. The molecule has 2 rings (SSSR count). The van der Waals surface area contributed by atoms with Crippen LogP contribution >= 0.6 is 0 Å². The van der Waals surface area contributed by atoms with Crippen molar-refractivity contribution in [3.63, 3.8) is 0 Å². The van der Waals surface area contributed by atoms with Crippen molar-refractivity contribution in [2.75, 3.05) is 13.1 Å². The van der Waals surface area contributed by atoms with E-state index in [0.29, 0.717) is 0 Å². The zero-order valence-electron chi connectivity index (χ0n) is 12.5. The van der Waals surface area contributed by atoms with Crippen LogP contribution in [0.15, 0.2) is 36.4 Å². The van der Waals surface area contributed by atoms with Gasteiger partial charge in [-0.05, 0) is 24.3 Å². The van der Waals surface area contributed by atoms with Gasteiger partial charge in [-0.15, -0.1) is 0 Å². The minimum absolute atomic E-state index is 0.00435. The van der Waals surface area contributed by atoms with Crippen molar-refractivity contribution in [1.29, 1.82) is 0 Å². The predicted molar refractivity (Wildman–Crippen MR) is 84.2 cm³/mol. The van der Waals surface area contributed by atoms with Gasteiger partial charge in [0.25, 0.3) is 11.8 Å². The second kappa shape index (κ2) is 7.23. The highest BCUT2D eigenvalue weighted by molar-refractivity contribution is 5.98. The molecule has 0 aromatic heterocycles. The molecule has 0 aliphatic rings. The van der Waals surface area contributed by atoms with Crippen molar-refractivity contribution in [3.05, 3.63) is 47.5 Å². The minimum Gasteiger partial charge on any atom is -0.508 e. The Kier molecular flexibility index (Phi) is 5.10. The van der Waals surface area contributed by atoms with E-state index in [1.165, 1.54) is 24.3 Å². The van der Waals surface area contributed by atoms with E-state index in [1.54, 1.807) is 0 Å². The number of carbonyl (C=O) groups is 2. The zero-order chi connectivity index (χ0) is 17.7. The van der Waals surface area contributed by atoms with Crippen molar-refractivity contribution >= 4 is 11.8 Å². The molecule has 0 saturated carbocycles. The van der Waals surface area contributed by atoms with Crippen LogP contribution in [0.4, 0.5) is 0 Å². The van der Waals surface area contributed by atoms with Crippen molar-refractivity contribution in [2.24, 2.45) is 0 Å². The summed E-state index contributed by atoms with van der Waals surface area (Å²) in [5.41, 5.74) is -0.00869. The van der Waals surface area contributed by atoms with Gasteiger partial charge < -0.3 is 31.1 Å². The maximum Gasteiger partial charge on any atom is 0.255 e. The molecule has 126 valence electrons. The maximum atomic E-state index is 11.8. The lowest BCUT2D eigenvalue weighted by Crippen LogP contribution is -2.34. The first kappa shape index (κ1) is 16.9. The van der Waals surface area contributed by atoms with Crippen LogP contribution in [0.3, 0.4) is 0 Å². The Morgan fingerprint density at radius 2 is 1.08 bits per heavy atom. The monoisotopic (exact) mass is 332 g/mol. The third-order valence-electron chi connectivity index (χ3n) is 3.15. The van der Waals surface area contributed by atoms with Crippen molar-refractivity contribution in [2.45, 2.75) is 0 Å². The van der Waals surface area contributed by atoms with Crippen LogP contribution in [0.1, 0.15) is 20.7 Å². The third-order valence-corrected chi connectivity index (χ3v) is 3.15. The van der Waals surface area contributed by atoms with Crippen LogP contribution in [0.2, 0.25) is 0 Å². The number of rotatable bonds is 5. The van der Waals surface area contributed by atoms with Gasteiger partial charge in [-0.3, -0.25) is 9.59 Å². The van der Waals surface area contributed by atoms with Gasteiger partial charge in [-0.1, -0.05) is 0 Å². The number of nitrogens with one attached hydrogen (secondary N) is 2. The van der Waals surface area contributed by atoms with Gasteiger partial charge >= 0.3 is 0 Å². The molecule has 0 atom stereocenters. The summed E-state index contributed by atoms with van der Waals surface area (Å²) in [6.45, 7) is 0.174. The van der Waals surface area contributed by atoms with E-state index in [2.05, 4.69) is 10.6 Å². The molecule has 0 bridgehead atoms. The number of carbonyl (C=O) groups excluding carboxylic acids is 2. The fourth-order valence-electron chi connectivity index (χ4n) is 1.97. The molecule has 0 spiro atoms. The first-order valence-corrected chi connectivity index (χ1v) is 6.99. The average Bonchev–Trinajstić information content (AvgIpc) is 2.51. The van der Waals surface area contributed by atoms with Crippen molar-refractivity contribution in [1.82, 2.24) is 10.6 Å². The van der Waals surface area contributed by atoms with Crippen molar-refractivity contribution < 1.29 is 30.0 Å². The number of benzene rings is 2. The zero-order valence-corrected chi connectivity index (χ0v) is 12.5. The van der Waals surface area contributed by atoms with E-state index in [4.69, 9.17) is 10.2 Å². The molecule has 8 heteroatoms. The van der Waals surface area contributed by atoms with E-state index in [0.717, 1.165) is 12.1 Å². The highest BCUT2D eigenvalue weighted by Gasteiger charge is 2.13. The van der Waals surface area contributed by atoms with Gasteiger partial charge in [0.2, 0.25) is 0 Å². The molecule has 2 aromatic carbocycles. The van der Waals surface area contributed by atoms with E-state index < -0.39 is 11.8 Å². The summed E-state index contributed by atoms with van der Waals surface area (Å²) >= 11 is 0. The Morgan fingerprint density at radius 1 is 0.708 bits per heavy atom. The lowest BCUT2D eigenvalue weighted by molar-refractivity contribution is 0.0924. The van der Waals surface area contributed by atoms with Crippen LogP contribution < -0.4 is 10.6 Å². The predicted octanol–water partition coefficient (Wildman–Crippen LogP) is 0.669. The quantitative estimate of drug-likeness (QED) is 0.445. The van der Waals surface area contributed by atoms with E-state index in [1.807, 2.05) is 0 Å². The molecule has 0 aliphatic heterocycles. The summed E-state index contributed by atoms with van der Waals surface area (Å²) in [7, 11) is 0. The number of hydrogen-bond acceptors (Lipinski definition) is 6. The first-order chi connectivity index (χ1) is 11.4. The molecule has 0 unspecified atom stereocenters. The molecule has 2 amide bonds. The largest absolute Gasteiger partial charge is 0.508 e. The van der Waals surface area contributed by atoms with Crippen molar-refractivity contribution in [3.8, 4) is 23.0 Å². The molecule has 6 N–H and O–H groups in total. The molecule has 0 saturated heterocycles. The molecular weight excluding hydrogens is 316 g/mol. The molecule has 0 aliphatic carbocycles. The summed E-state index contributed by atoms with van der Waals surface area (Å²) in [5.74, 6) is -2.16. The highest BCUT2D eigenvalue weighted by Crippen LogP contribution is 2.23. The number of hydrogen-bond donors (Lipinski definition) is 6. The van der Waals surface area contributed by atoms with Gasteiger partial charge in [0, 0.05) is 25.2 Å². The maximum absolute atomic E-state index is 11.8. The van der Waals surface area contributed by atoms with E-state index in [9.17, 15) is 19.8 Å². The fourth-order valence-corrected chi connectivity index (χ4v) is 1.97. The standard InChI is InChI=1S/C16H16N2O6/c19-9-1-3-11(13(21)7-9)15(23)17-5-6-18-16(24)12-4-2-10(20)8-14(12)22/h1-4,7-8,19-22H,5-6H2,(H,17,23)(H,18,24). The number of aromatic hydroxyl groups is 4. The number of phenolic OH excluding ortho intramolecular Hbond substituents is 4. The van der Waals surface area contributed by atoms with Gasteiger partial charge in [0.05, 0.1) is 11.1 Å². The molecule has 0 fully saturated rings. The summed E-state index contributed by atoms with van der Waals surface area (Å²) in [6, 6.07) is 7.17. The number of phenols is 4. The van der Waals surface area contributed by atoms with Crippen LogP contribution in [0.5, 0.6) is 23.0 Å². The molecule has 8 nitrogen and oxygen atoms in total. The van der Waals surface area contributed by atoms with Crippen LogP contribution in [-0.2, 0) is 0 Å². The lowest BCUT2D eigenvalue weighted by Gasteiger charge is -2.09. The Labute approximate surface area is 137 Å². The van der Waals surface area contributed by atoms with E-state index in [-0.39, 0.29) is 47.2 Å². The summed E-state index contributed by atoms with van der Waals surface area (Å²) in [6.07, 6.45) is 0. The fraction of sp³-hybridized carbons (Fsp3) is 0.125. The average molecular weight is 332 g/mol. The third kappa shape index (κ3) is 4.07. The Hall–Kier alpha value is -3.42. The Bertz CT molecular complexity index is 710. The molecular formula is C16H16N2O6. The first-order valence-electron chi connectivity index (χ1n) is 6.99. The summed E-state index contributed by atoms with van der Waals surface area (Å²) in [4.78, 5) is 23.7. The second-order valence-electron chi connectivity index (χ2n) is 4.91. The normalized spacial score (nSPS) is 10.2. The second-order valence-corrected chi connectivity index (χ2v) is 4.91. The van der Waals surface area contributed by atoms with Gasteiger partial charge in [0.15, 0.2) is 0 Å². The van der Waals surface area contributed by atoms with Gasteiger partial charge in [-0.2, -0.15) is 0 Å². The topological polar surface area (TPSA) is 139 Å². The van der Waals surface area contributed by atoms with Crippen LogP contribution in [-0.4, -0.2) is 45.3 Å². The Balaban J connectivity index is 1.84. The summed E-state index contributed by atoms with van der Waals surface area (Å²) in [5, 5.41) is 42.5. The smallest absolute Gasteiger partial charge is 0.255 e. The molecule has 24 heavy (non-hydrogen) atoms. The van der Waals surface area contributed by atoms with E-state index >= 15 is 0 Å². The molecule has 0 radical (unpaired) electrons. The highest BCUT2D eigenvalue weighted by atomic mass is 16.3. The van der Waals surface area contributed by atoms with Crippen LogP contribution in [0, 0.1) is 0 Å². The van der Waals surface area contributed by atoms with Crippen LogP contribution in [0.25, 0.3) is 0 Å². The summed E-state index contributed by atoms with van der Waals surface area (Å²) < 4.78 is 0. The molecule has 0 heterocycles. The number of amides is 2. The Morgan fingerprint density at radius 3 is 1.42 bits per heavy atom. The van der Waals surface area contributed by atoms with Gasteiger partial charge in [0.1, 0.15) is 23.0 Å². The van der Waals surface area contributed by atoms with Gasteiger partial charge in [-0.25, -0.2) is 0 Å². The SMILES string of the molecule is O=C(NCCNC(=O)c1ccc(O)cc1O)c1ccc(O)cc1O. The molecule has 2 aromatic rings.